The molecule has 1 saturated heterocycles. The van der Waals surface area contributed by atoms with Gasteiger partial charge in [0.05, 0.1) is 18.5 Å². The Morgan fingerprint density at radius 1 is 1.24 bits per heavy atom. The van der Waals surface area contributed by atoms with Gasteiger partial charge in [-0.05, 0) is 32.9 Å². The number of ether oxygens (including phenoxy) is 1. The van der Waals surface area contributed by atoms with Gasteiger partial charge in [-0.3, -0.25) is 4.79 Å². The largest absolute Gasteiger partial charge is 0.444 e. The first-order valence-corrected chi connectivity index (χ1v) is 8.38. The van der Waals surface area contributed by atoms with E-state index in [1.165, 1.54) is 0 Å². The van der Waals surface area contributed by atoms with Gasteiger partial charge >= 0.3 is 6.09 Å². The van der Waals surface area contributed by atoms with Gasteiger partial charge < -0.3 is 25.0 Å². The molecule has 1 aliphatic rings. The van der Waals surface area contributed by atoms with Crippen LogP contribution in [0.15, 0.2) is 18.3 Å². The first kappa shape index (κ1) is 19.0. The van der Waals surface area contributed by atoms with Gasteiger partial charge in [-0.15, -0.1) is 0 Å². The molecule has 1 aromatic heterocycles. The summed E-state index contributed by atoms with van der Waals surface area (Å²) in [7, 11) is 0. The number of amides is 2. The van der Waals surface area contributed by atoms with Crippen LogP contribution in [0.1, 0.15) is 31.3 Å². The summed E-state index contributed by atoms with van der Waals surface area (Å²) in [6.07, 6.45) is 1.36. The van der Waals surface area contributed by atoms with Crippen molar-refractivity contribution in [1.29, 1.82) is 0 Å². The van der Waals surface area contributed by atoms with E-state index < -0.39 is 5.60 Å². The zero-order valence-corrected chi connectivity index (χ0v) is 15.0. The molecule has 0 aliphatic carbocycles. The molecule has 2 N–H and O–H groups in total. The van der Waals surface area contributed by atoms with Crippen molar-refractivity contribution >= 4 is 17.7 Å². The molecule has 0 unspecified atom stereocenters. The molecular weight excluding hydrogens is 324 g/mol. The maximum atomic E-state index is 12.1. The van der Waals surface area contributed by atoms with E-state index in [1.54, 1.807) is 17.2 Å². The average Bonchev–Trinajstić information content (AvgIpc) is 2.58. The van der Waals surface area contributed by atoms with Crippen molar-refractivity contribution in [2.24, 2.45) is 0 Å². The summed E-state index contributed by atoms with van der Waals surface area (Å²) in [5.74, 6) is -0.310. The van der Waals surface area contributed by atoms with Crippen LogP contribution in [0.3, 0.4) is 0 Å². The third kappa shape index (κ3) is 5.60. The van der Waals surface area contributed by atoms with Crippen molar-refractivity contribution < 1.29 is 19.4 Å². The Labute approximate surface area is 147 Å². The number of anilines is 1. The number of aliphatic hydroxyl groups excluding tert-OH is 1. The Hall–Kier alpha value is -2.35. The molecule has 8 nitrogen and oxygen atoms in total. The summed E-state index contributed by atoms with van der Waals surface area (Å²) in [4.78, 5) is 31.8. The second kappa shape index (κ2) is 8.15. The third-order valence-corrected chi connectivity index (χ3v) is 3.67. The summed E-state index contributed by atoms with van der Waals surface area (Å²) < 4.78 is 5.39. The Bertz CT molecular complexity index is 590. The van der Waals surface area contributed by atoms with Crippen LogP contribution in [0.25, 0.3) is 0 Å². The van der Waals surface area contributed by atoms with Gasteiger partial charge in [-0.25, -0.2) is 9.78 Å². The number of hydrogen-bond acceptors (Lipinski definition) is 6. The van der Waals surface area contributed by atoms with Crippen molar-refractivity contribution in [3.63, 3.8) is 0 Å². The van der Waals surface area contributed by atoms with Crippen LogP contribution in [0.5, 0.6) is 0 Å². The van der Waals surface area contributed by atoms with Crippen molar-refractivity contribution in [2.45, 2.75) is 26.4 Å². The fourth-order valence-corrected chi connectivity index (χ4v) is 2.44. The minimum Gasteiger partial charge on any atom is -0.444 e. The van der Waals surface area contributed by atoms with Crippen LogP contribution in [-0.4, -0.2) is 71.9 Å². The quantitative estimate of drug-likeness (QED) is 0.836. The zero-order chi connectivity index (χ0) is 18.4. The lowest BCUT2D eigenvalue weighted by Crippen LogP contribution is -2.50. The normalized spacial score (nSPS) is 15.0. The van der Waals surface area contributed by atoms with Crippen LogP contribution in [0.4, 0.5) is 10.5 Å². The number of piperazine rings is 1. The molecule has 0 aromatic carbocycles. The standard InChI is InChI=1S/C17H26N4O4/c1-17(2,3)25-16(24)21-9-7-20(8-10-21)13-4-5-14(19-12-13)15(23)18-6-11-22/h4-5,12,22H,6-11H2,1-3H3,(H,18,23). The summed E-state index contributed by atoms with van der Waals surface area (Å²) in [5.41, 5.74) is 0.719. The summed E-state index contributed by atoms with van der Waals surface area (Å²) in [6, 6.07) is 3.49. The maximum Gasteiger partial charge on any atom is 0.410 e. The van der Waals surface area contributed by atoms with Gasteiger partial charge in [0.1, 0.15) is 11.3 Å². The van der Waals surface area contributed by atoms with Crippen LogP contribution in [0, 0.1) is 0 Å². The molecule has 25 heavy (non-hydrogen) atoms. The van der Waals surface area contributed by atoms with E-state index in [-0.39, 0.29) is 25.2 Å². The maximum absolute atomic E-state index is 12.1. The highest BCUT2D eigenvalue weighted by Gasteiger charge is 2.26. The summed E-state index contributed by atoms with van der Waals surface area (Å²) in [5, 5.41) is 11.3. The highest BCUT2D eigenvalue weighted by Crippen LogP contribution is 2.17. The monoisotopic (exact) mass is 350 g/mol. The first-order chi connectivity index (χ1) is 11.8. The first-order valence-electron chi connectivity index (χ1n) is 8.38. The van der Waals surface area contributed by atoms with Gasteiger partial charge in [-0.1, -0.05) is 0 Å². The molecule has 2 amide bonds. The molecule has 0 saturated carbocycles. The minimum atomic E-state index is -0.495. The molecule has 2 rings (SSSR count). The SMILES string of the molecule is CC(C)(C)OC(=O)N1CCN(c2ccc(C(=O)NCCO)nc2)CC1. The van der Waals surface area contributed by atoms with Crippen LogP contribution < -0.4 is 10.2 Å². The molecular formula is C17H26N4O4. The molecule has 0 bridgehead atoms. The number of pyridine rings is 1. The van der Waals surface area contributed by atoms with E-state index >= 15 is 0 Å². The highest BCUT2D eigenvalue weighted by molar-refractivity contribution is 5.92. The predicted molar refractivity (Wildman–Crippen MR) is 93.7 cm³/mol. The topological polar surface area (TPSA) is 95.0 Å². The fraction of sp³-hybridized carbons (Fsp3) is 0.588. The van der Waals surface area contributed by atoms with E-state index in [9.17, 15) is 9.59 Å². The molecule has 1 aliphatic heterocycles. The molecule has 0 radical (unpaired) electrons. The number of nitrogens with one attached hydrogen (secondary N) is 1. The number of carbonyl (C=O) groups excluding carboxylic acids is 2. The number of nitrogens with zero attached hydrogens (tertiary/aromatic N) is 3. The van der Waals surface area contributed by atoms with Crippen LogP contribution in [-0.2, 0) is 4.74 Å². The smallest absolute Gasteiger partial charge is 0.410 e. The molecule has 2 heterocycles. The number of carbonyl (C=O) groups is 2. The summed E-state index contributed by atoms with van der Waals surface area (Å²) >= 11 is 0. The fourth-order valence-electron chi connectivity index (χ4n) is 2.44. The second-order valence-corrected chi connectivity index (χ2v) is 6.84. The molecule has 0 atom stereocenters. The van der Waals surface area contributed by atoms with Crippen molar-refractivity contribution in [2.75, 3.05) is 44.2 Å². The Kier molecular flexibility index (Phi) is 6.19. The van der Waals surface area contributed by atoms with Crippen LogP contribution in [0.2, 0.25) is 0 Å². The number of hydrogen-bond donors (Lipinski definition) is 2. The van der Waals surface area contributed by atoms with Crippen molar-refractivity contribution in [3.05, 3.63) is 24.0 Å². The Morgan fingerprint density at radius 3 is 2.44 bits per heavy atom. The molecule has 1 aromatic rings. The van der Waals surface area contributed by atoms with E-state index in [0.29, 0.717) is 31.9 Å². The van der Waals surface area contributed by atoms with Gasteiger partial charge in [-0.2, -0.15) is 0 Å². The predicted octanol–water partition coefficient (Wildman–Crippen LogP) is 0.861. The van der Waals surface area contributed by atoms with Gasteiger partial charge in [0.15, 0.2) is 0 Å². The van der Waals surface area contributed by atoms with E-state index in [0.717, 1.165) is 5.69 Å². The lowest BCUT2D eigenvalue weighted by Gasteiger charge is -2.36. The number of aliphatic hydroxyl groups is 1. The lowest BCUT2D eigenvalue weighted by atomic mass is 10.2. The molecule has 138 valence electrons. The van der Waals surface area contributed by atoms with Gasteiger partial charge in [0.2, 0.25) is 0 Å². The average molecular weight is 350 g/mol. The Morgan fingerprint density at radius 2 is 1.92 bits per heavy atom. The minimum absolute atomic E-state index is 0.105. The van der Waals surface area contributed by atoms with Crippen LogP contribution >= 0.6 is 0 Å². The molecule has 8 heteroatoms. The summed E-state index contributed by atoms with van der Waals surface area (Å²) in [6.45, 7) is 8.16. The van der Waals surface area contributed by atoms with E-state index in [2.05, 4.69) is 15.2 Å². The van der Waals surface area contributed by atoms with E-state index in [1.807, 2.05) is 26.8 Å². The molecule has 1 fully saturated rings. The Balaban J connectivity index is 1.88. The third-order valence-electron chi connectivity index (χ3n) is 3.67. The second-order valence-electron chi connectivity index (χ2n) is 6.84. The van der Waals surface area contributed by atoms with E-state index in [4.69, 9.17) is 9.84 Å². The number of aromatic nitrogens is 1. The number of rotatable bonds is 4. The zero-order valence-electron chi connectivity index (χ0n) is 15.0. The van der Waals surface area contributed by atoms with Crippen molar-refractivity contribution in [1.82, 2.24) is 15.2 Å². The molecule has 0 spiro atoms. The van der Waals surface area contributed by atoms with Gasteiger partial charge in [0, 0.05) is 32.7 Å². The van der Waals surface area contributed by atoms with Crippen molar-refractivity contribution in [3.8, 4) is 0 Å². The van der Waals surface area contributed by atoms with Gasteiger partial charge in [0.25, 0.3) is 5.91 Å². The highest BCUT2D eigenvalue weighted by atomic mass is 16.6. The lowest BCUT2D eigenvalue weighted by molar-refractivity contribution is 0.0240.